The third kappa shape index (κ3) is 5.10. The van der Waals surface area contributed by atoms with E-state index >= 15 is 0 Å². The summed E-state index contributed by atoms with van der Waals surface area (Å²) in [7, 11) is 0. The number of carbonyl (C=O) groups excluding carboxylic acids is 1. The van der Waals surface area contributed by atoms with Crippen LogP contribution in [0.25, 0.3) is 0 Å². The molecule has 4 aliphatic rings. The second kappa shape index (κ2) is 10.4. The SMILES string of the molecule is CC[C@H](CC[C@@H](C)[C@H]1CC[C@H]2[C@@H]3CC=C4C[C@@H](OC(=O)C(C)(C)C)CC[C@]4(C)[C@H]3CC[C@]12C)C(C)C. The average Bonchev–Trinajstić information content (AvgIpc) is 3.16. The first-order valence-corrected chi connectivity index (χ1v) is 15.7. The van der Waals surface area contributed by atoms with Crippen molar-refractivity contribution < 1.29 is 9.53 Å². The predicted octanol–water partition coefficient (Wildman–Crippen LogP) is 9.62. The van der Waals surface area contributed by atoms with Gasteiger partial charge in [-0.25, -0.2) is 0 Å². The van der Waals surface area contributed by atoms with Gasteiger partial charge in [0, 0.05) is 6.42 Å². The van der Waals surface area contributed by atoms with Crippen molar-refractivity contribution in [3.8, 4) is 0 Å². The molecule has 2 nitrogen and oxygen atoms in total. The van der Waals surface area contributed by atoms with Gasteiger partial charge in [0.1, 0.15) is 6.10 Å². The lowest BCUT2D eigenvalue weighted by molar-refractivity contribution is -0.161. The third-order valence-corrected chi connectivity index (χ3v) is 12.2. The number of carbonyl (C=O) groups is 1. The smallest absolute Gasteiger partial charge is 0.311 e. The lowest BCUT2D eigenvalue weighted by Crippen LogP contribution is -2.51. The van der Waals surface area contributed by atoms with Gasteiger partial charge in [0.15, 0.2) is 0 Å². The Bertz CT molecular complexity index is 818. The Morgan fingerprint density at radius 2 is 1.75 bits per heavy atom. The molecular weight excluding hydrogens is 440 g/mol. The van der Waals surface area contributed by atoms with E-state index in [4.69, 9.17) is 4.74 Å². The van der Waals surface area contributed by atoms with E-state index in [1.165, 1.54) is 57.8 Å². The van der Waals surface area contributed by atoms with E-state index in [0.29, 0.717) is 10.8 Å². The Kier molecular flexibility index (Phi) is 8.16. The first kappa shape index (κ1) is 28.2. The molecule has 2 heteroatoms. The van der Waals surface area contributed by atoms with Crippen molar-refractivity contribution >= 4 is 5.97 Å². The van der Waals surface area contributed by atoms with Gasteiger partial charge in [0.2, 0.25) is 0 Å². The summed E-state index contributed by atoms with van der Waals surface area (Å²) in [5, 5.41) is 0. The van der Waals surface area contributed by atoms with Crippen molar-refractivity contribution in [2.24, 2.45) is 57.7 Å². The van der Waals surface area contributed by atoms with Crippen LogP contribution in [0.15, 0.2) is 11.6 Å². The van der Waals surface area contributed by atoms with E-state index in [1.54, 1.807) is 5.57 Å². The molecule has 3 saturated carbocycles. The molecule has 0 aromatic heterocycles. The number of hydrogen-bond donors (Lipinski definition) is 0. The highest BCUT2D eigenvalue weighted by molar-refractivity contribution is 5.75. The van der Waals surface area contributed by atoms with Gasteiger partial charge >= 0.3 is 5.97 Å². The summed E-state index contributed by atoms with van der Waals surface area (Å²) in [5.41, 5.74) is 2.07. The van der Waals surface area contributed by atoms with E-state index < -0.39 is 5.41 Å². The van der Waals surface area contributed by atoms with Gasteiger partial charge in [0.25, 0.3) is 0 Å². The van der Waals surface area contributed by atoms with E-state index in [-0.39, 0.29) is 12.1 Å². The first-order chi connectivity index (χ1) is 16.8. The zero-order valence-corrected chi connectivity index (χ0v) is 25.3. The molecule has 0 aromatic carbocycles. The maximum absolute atomic E-state index is 12.5. The summed E-state index contributed by atoms with van der Waals surface area (Å²) in [6.07, 6.45) is 17.1. The number of rotatable bonds is 7. The fraction of sp³-hybridized carbons (Fsp3) is 0.912. The molecule has 4 aliphatic carbocycles. The minimum absolute atomic E-state index is 0.0383. The van der Waals surface area contributed by atoms with Crippen molar-refractivity contribution in [2.45, 2.75) is 139 Å². The van der Waals surface area contributed by atoms with E-state index in [0.717, 1.165) is 54.3 Å². The molecule has 4 rings (SSSR count). The summed E-state index contributed by atoms with van der Waals surface area (Å²) in [6.45, 7) is 21.0. The van der Waals surface area contributed by atoms with Gasteiger partial charge in [-0.05, 0) is 124 Å². The van der Waals surface area contributed by atoms with Crippen LogP contribution >= 0.6 is 0 Å². The van der Waals surface area contributed by atoms with Crippen LogP contribution in [0.2, 0.25) is 0 Å². The normalized spacial score (nSPS) is 40.1. The lowest BCUT2D eigenvalue weighted by atomic mass is 9.47. The Balaban J connectivity index is 1.44. The zero-order chi connectivity index (χ0) is 26.5. The molecule has 36 heavy (non-hydrogen) atoms. The van der Waals surface area contributed by atoms with Gasteiger partial charge in [-0.3, -0.25) is 4.79 Å². The number of fused-ring (bicyclic) bond motifs is 5. The molecule has 0 aliphatic heterocycles. The number of allylic oxidation sites excluding steroid dienone is 1. The molecule has 0 radical (unpaired) electrons. The maximum atomic E-state index is 12.5. The second-order valence-corrected chi connectivity index (χ2v) is 15.5. The standard InChI is InChI=1S/C34H58O2/c1-10-24(22(2)3)12-11-23(4)28-15-16-29-27-14-13-25-21-26(36-31(35)32(5,6)7)17-19-33(25,8)30(27)18-20-34(28,29)9/h13,22-24,26-30H,10-12,14-21H2,1-9H3/t23-,24-,26+,27+,28-,29+,30+,33+,34-/m1/s1. The molecule has 0 saturated heterocycles. The first-order valence-electron chi connectivity index (χ1n) is 15.7. The Labute approximate surface area is 223 Å². The van der Waals surface area contributed by atoms with Crippen molar-refractivity contribution in [3.05, 3.63) is 11.6 Å². The van der Waals surface area contributed by atoms with Gasteiger partial charge in [-0.1, -0.05) is 66.0 Å². The topological polar surface area (TPSA) is 26.3 Å². The third-order valence-electron chi connectivity index (χ3n) is 12.2. The molecule has 9 atom stereocenters. The van der Waals surface area contributed by atoms with Gasteiger partial charge < -0.3 is 4.74 Å². The summed E-state index contributed by atoms with van der Waals surface area (Å²) in [5.74, 6) is 6.05. The molecule has 0 heterocycles. The summed E-state index contributed by atoms with van der Waals surface area (Å²) in [6, 6.07) is 0. The molecule has 0 amide bonds. The monoisotopic (exact) mass is 498 g/mol. The van der Waals surface area contributed by atoms with Gasteiger partial charge in [0.05, 0.1) is 5.41 Å². The molecule has 0 bridgehead atoms. The average molecular weight is 499 g/mol. The molecule has 0 spiro atoms. The van der Waals surface area contributed by atoms with E-state index in [1.807, 2.05) is 20.8 Å². The minimum Gasteiger partial charge on any atom is -0.462 e. The zero-order valence-electron chi connectivity index (χ0n) is 25.3. The Hall–Kier alpha value is -0.790. The summed E-state index contributed by atoms with van der Waals surface area (Å²) < 4.78 is 5.99. The Morgan fingerprint density at radius 3 is 2.39 bits per heavy atom. The molecule has 0 N–H and O–H groups in total. The second-order valence-electron chi connectivity index (χ2n) is 15.5. The van der Waals surface area contributed by atoms with Crippen molar-refractivity contribution in [1.29, 1.82) is 0 Å². The molecular formula is C34H58O2. The Morgan fingerprint density at radius 1 is 1.03 bits per heavy atom. The quantitative estimate of drug-likeness (QED) is 0.258. The lowest BCUT2D eigenvalue weighted by Gasteiger charge is -2.58. The largest absolute Gasteiger partial charge is 0.462 e. The predicted molar refractivity (Wildman–Crippen MR) is 152 cm³/mol. The van der Waals surface area contributed by atoms with Crippen LogP contribution in [0.1, 0.15) is 133 Å². The van der Waals surface area contributed by atoms with Crippen LogP contribution in [0, 0.1) is 57.7 Å². The minimum atomic E-state index is -0.414. The summed E-state index contributed by atoms with van der Waals surface area (Å²) >= 11 is 0. The highest BCUT2D eigenvalue weighted by Crippen LogP contribution is 2.67. The highest BCUT2D eigenvalue weighted by Gasteiger charge is 2.59. The number of hydrogen-bond acceptors (Lipinski definition) is 2. The number of ether oxygens (including phenoxy) is 1. The van der Waals surface area contributed by atoms with E-state index in [2.05, 4.69) is 47.6 Å². The van der Waals surface area contributed by atoms with Crippen molar-refractivity contribution in [3.63, 3.8) is 0 Å². The molecule has 3 fully saturated rings. The van der Waals surface area contributed by atoms with Crippen LogP contribution in [0.5, 0.6) is 0 Å². The fourth-order valence-electron chi connectivity index (χ4n) is 9.72. The van der Waals surface area contributed by atoms with Crippen LogP contribution in [0.4, 0.5) is 0 Å². The van der Waals surface area contributed by atoms with Crippen molar-refractivity contribution in [2.75, 3.05) is 0 Å². The molecule has 206 valence electrons. The van der Waals surface area contributed by atoms with Gasteiger partial charge in [-0.15, -0.1) is 0 Å². The van der Waals surface area contributed by atoms with E-state index in [9.17, 15) is 4.79 Å². The highest BCUT2D eigenvalue weighted by atomic mass is 16.5. The van der Waals surface area contributed by atoms with Crippen LogP contribution in [0.3, 0.4) is 0 Å². The van der Waals surface area contributed by atoms with Crippen LogP contribution < -0.4 is 0 Å². The number of esters is 1. The van der Waals surface area contributed by atoms with Crippen LogP contribution in [-0.4, -0.2) is 12.1 Å². The van der Waals surface area contributed by atoms with Crippen LogP contribution in [-0.2, 0) is 9.53 Å². The molecule has 0 aromatic rings. The van der Waals surface area contributed by atoms with Crippen molar-refractivity contribution in [1.82, 2.24) is 0 Å². The molecule has 0 unspecified atom stereocenters. The maximum Gasteiger partial charge on any atom is 0.311 e. The fourth-order valence-corrected chi connectivity index (χ4v) is 9.72. The summed E-state index contributed by atoms with van der Waals surface area (Å²) in [4.78, 5) is 12.5. The van der Waals surface area contributed by atoms with Gasteiger partial charge in [-0.2, -0.15) is 0 Å².